The molecule has 0 spiro atoms. The van der Waals surface area contributed by atoms with Crippen LogP contribution in [0.25, 0.3) is 0 Å². The summed E-state index contributed by atoms with van der Waals surface area (Å²) in [6.45, 7) is 3.60. The highest BCUT2D eigenvalue weighted by Gasteiger charge is 2.25. The van der Waals surface area contributed by atoms with Crippen LogP contribution in [0.3, 0.4) is 0 Å². The molecule has 5 heteroatoms. The monoisotopic (exact) mass is 325 g/mol. The number of carbonyl (C=O) groups excluding carboxylic acids is 1. The number of hydrogen-bond acceptors (Lipinski definition) is 3. The number of nitrogens with zero attached hydrogens (tertiary/aromatic N) is 1. The van der Waals surface area contributed by atoms with E-state index in [1.54, 1.807) is 0 Å². The molecule has 0 aromatic heterocycles. The SMILES string of the molecule is CC(N)c1ccc(Br)cc1N1CCCC(C(N)=O)C1. The van der Waals surface area contributed by atoms with Gasteiger partial charge in [0.1, 0.15) is 0 Å². The van der Waals surface area contributed by atoms with Gasteiger partial charge in [0.25, 0.3) is 0 Å². The van der Waals surface area contributed by atoms with E-state index in [1.807, 2.05) is 19.1 Å². The van der Waals surface area contributed by atoms with Gasteiger partial charge in [0.15, 0.2) is 0 Å². The maximum Gasteiger partial charge on any atom is 0.222 e. The number of anilines is 1. The van der Waals surface area contributed by atoms with Gasteiger partial charge in [-0.3, -0.25) is 4.79 Å². The molecule has 1 fully saturated rings. The van der Waals surface area contributed by atoms with Gasteiger partial charge < -0.3 is 16.4 Å². The molecule has 1 saturated heterocycles. The first-order chi connectivity index (χ1) is 8.99. The van der Waals surface area contributed by atoms with Crippen molar-refractivity contribution in [2.75, 3.05) is 18.0 Å². The van der Waals surface area contributed by atoms with Gasteiger partial charge in [-0.1, -0.05) is 22.0 Å². The Balaban J connectivity index is 2.29. The first-order valence-electron chi connectivity index (χ1n) is 6.58. The van der Waals surface area contributed by atoms with Crippen LogP contribution in [-0.2, 0) is 4.79 Å². The second-order valence-electron chi connectivity index (χ2n) is 5.18. The highest BCUT2D eigenvalue weighted by molar-refractivity contribution is 9.10. The summed E-state index contributed by atoms with van der Waals surface area (Å²) in [5.74, 6) is -0.268. The molecule has 0 saturated carbocycles. The number of rotatable bonds is 3. The lowest BCUT2D eigenvalue weighted by Crippen LogP contribution is -2.41. The first kappa shape index (κ1) is 14.3. The van der Waals surface area contributed by atoms with Crippen LogP contribution < -0.4 is 16.4 Å². The van der Waals surface area contributed by atoms with Gasteiger partial charge in [0.05, 0.1) is 5.92 Å². The molecular formula is C14H20BrN3O. The maximum absolute atomic E-state index is 11.4. The molecule has 2 rings (SSSR count). The van der Waals surface area contributed by atoms with Crippen molar-refractivity contribution in [2.45, 2.75) is 25.8 Å². The number of benzene rings is 1. The van der Waals surface area contributed by atoms with Gasteiger partial charge >= 0.3 is 0 Å². The Kier molecular flexibility index (Phi) is 4.47. The van der Waals surface area contributed by atoms with Crippen molar-refractivity contribution in [3.63, 3.8) is 0 Å². The van der Waals surface area contributed by atoms with Crippen LogP contribution in [0.4, 0.5) is 5.69 Å². The Morgan fingerprint density at radius 3 is 2.89 bits per heavy atom. The quantitative estimate of drug-likeness (QED) is 0.894. The lowest BCUT2D eigenvalue weighted by atomic mass is 9.95. The molecule has 0 radical (unpaired) electrons. The van der Waals surface area contributed by atoms with Crippen LogP contribution in [0.15, 0.2) is 22.7 Å². The van der Waals surface area contributed by atoms with E-state index >= 15 is 0 Å². The summed E-state index contributed by atoms with van der Waals surface area (Å²) in [6, 6.07) is 6.08. The second kappa shape index (κ2) is 5.92. The minimum atomic E-state index is -0.206. The van der Waals surface area contributed by atoms with Gasteiger partial charge in [-0.2, -0.15) is 0 Å². The summed E-state index contributed by atoms with van der Waals surface area (Å²) in [5, 5.41) is 0. The maximum atomic E-state index is 11.4. The third-order valence-electron chi connectivity index (χ3n) is 3.65. The molecule has 1 aliphatic heterocycles. The highest BCUT2D eigenvalue weighted by atomic mass is 79.9. The summed E-state index contributed by atoms with van der Waals surface area (Å²) in [7, 11) is 0. The number of halogens is 1. The molecule has 2 unspecified atom stereocenters. The van der Waals surface area contributed by atoms with Crippen LogP contribution in [0, 0.1) is 5.92 Å². The minimum Gasteiger partial charge on any atom is -0.370 e. The fourth-order valence-corrected chi connectivity index (χ4v) is 2.95. The Labute approximate surface area is 122 Å². The van der Waals surface area contributed by atoms with Gasteiger partial charge in [-0.05, 0) is 37.5 Å². The van der Waals surface area contributed by atoms with Crippen LogP contribution >= 0.6 is 15.9 Å². The molecule has 1 aliphatic rings. The number of amides is 1. The molecule has 0 aliphatic carbocycles. The summed E-state index contributed by atoms with van der Waals surface area (Å²) < 4.78 is 1.02. The molecule has 1 amide bonds. The number of primary amides is 1. The average molecular weight is 326 g/mol. The molecule has 1 aromatic rings. The molecule has 1 heterocycles. The second-order valence-corrected chi connectivity index (χ2v) is 6.10. The van der Waals surface area contributed by atoms with Crippen LogP contribution in [0.2, 0.25) is 0 Å². The molecular weight excluding hydrogens is 306 g/mol. The predicted molar refractivity (Wildman–Crippen MR) is 80.9 cm³/mol. The summed E-state index contributed by atoms with van der Waals surface area (Å²) in [6.07, 6.45) is 1.87. The largest absolute Gasteiger partial charge is 0.370 e. The van der Waals surface area contributed by atoms with E-state index < -0.39 is 0 Å². The Morgan fingerprint density at radius 2 is 2.26 bits per heavy atom. The van der Waals surface area contributed by atoms with Gasteiger partial charge in [0.2, 0.25) is 5.91 Å². The topological polar surface area (TPSA) is 72.3 Å². The predicted octanol–water partition coefficient (Wildman–Crippen LogP) is 2.17. The summed E-state index contributed by atoms with van der Waals surface area (Å²) >= 11 is 3.50. The van der Waals surface area contributed by atoms with Crippen molar-refractivity contribution in [3.8, 4) is 0 Å². The van der Waals surface area contributed by atoms with E-state index in [1.165, 1.54) is 0 Å². The minimum absolute atomic E-state index is 0.0305. The normalized spacial score (nSPS) is 21.2. The smallest absolute Gasteiger partial charge is 0.222 e. The Morgan fingerprint density at radius 1 is 1.53 bits per heavy atom. The van der Waals surface area contributed by atoms with Crippen molar-refractivity contribution in [3.05, 3.63) is 28.2 Å². The molecule has 19 heavy (non-hydrogen) atoms. The lowest BCUT2D eigenvalue weighted by molar-refractivity contribution is -0.122. The zero-order chi connectivity index (χ0) is 14.0. The Hall–Kier alpha value is -1.07. The van der Waals surface area contributed by atoms with E-state index in [0.717, 1.165) is 35.1 Å². The van der Waals surface area contributed by atoms with Crippen molar-refractivity contribution in [1.29, 1.82) is 0 Å². The number of nitrogens with two attached hydrogens (primary N) is 2. The number of piperidine rings is 1. The van der Waals surface area contributed by atoms with E-state index in [-0.39, 0.29) is 17.9 Å². The van der Waals surface area contributed by atoms with E-state index in [0.29, 0.717) is 6.54 Å². The third-order valence-corrected chi connectivity index (χ3v) is 4.14. The molecule has 4 nitrogen and oxygen atoms in total. The zero-order valence-electron chi connectivity index (χ0n) is 11.1. The average Bonchev–Trinajstić information content (AvgIpc) is 2.38. The van der Waals surface area contributed by atoms with Crippen LogP contribution in [0.5, 0.6) is 0 Å². The van der Waals surface area contributed by atoms with Crippen molar-refractivity contribution in [2.24, 2.45) is 17.4 Å². The van der Waals surface area contributed by atoms with Crippen molar-refractivity contribution >= 4 is 27.5 Å². The molecule has 104 valence electrons. The van der Waals surface area contributed by atoms with Gasteiger partial charge in [-0.15, -0.1) is 0 Å². The molecule has 1 aromatic carbocycles. The molecule has 2 atom stereocenters. The van der Waals surface area contributed by atoms with Crippen LogP contribution in [0.1, 0.15) is 31.4 Å². The fourth-order valence-electron chi connectivity index (χ4n) is 2.60. The fraction of sp³-hybridized carbons (Fsp3) is 0.500. The summed E-state index contributed by atoms with van der Waals surface area (Å²) in [5.41, 5.74) is 13.7. The van der Waals surface area contributed by atoms with Gasteiger partial charge in [-0.25, -0.2) is 0 Å². The van der Waals surface area contributed by atoms with E-state index in [9.17, 15) is 4.79 Å². The summed E-state index contributed by atoms with van der Waals surface area (Å²) in [4.78, 5) is 13.6. The Bertz CT molecular complexity index is 476. The third kappa shape index (κ3) is 3.28. The van der Waals surface area contributed by atoms with E-state index in [2.05, 4.69) is 26.9 Å². The molecule has 4 N–H and O–H groups in total. The molecule has 0 bridgehead atoms. The number of hydrogen-bond donors (Lipinski definition) is 2. The van der Waals surface area contributed by atoms with Crippen LogP contribution in [-0.4, -0.2) is 19.0 Å². The van der Waals surface area contributed by atoms with Gasteiger partial charge in [0, 0.05) is 29.3 Å². The van der Waals surface area contributed by atoms with Crippen molar-refractivity contribution < 1.29 is 4.79 Å². The lowest BCUT2D eigenvalue weighted by Gasteiger charge is -2.35. The van der Waals surface area contributed by atoms with E-state index in [4.69, 9.17) is 11.5 Å². The zero-order valence-corrected chi connectivity index (χ0v) is 12.7. The highest BCUT2D eigenvalue weighted by Crippen LogP contribution is 2.31. The first-order valence-corrected chi connectivity index (χ1v) is 7.37. The standard InChI is InChI=1S/C14H20BrN3O/c1-9(16)12-5-4-11(15)7-13(12)18-6-2-3-10(8-18)14(17)19/h4-5,7,9-10H,2-3,6,8,16H2,1H3,(H2,17,19). The van der Waals surface area contributed by atoms with Crippen molar-refractivity contribution in [1.82, 2.24) is 0 Å². The number of carbonyl (C=O) groups is 1.